The predicted molar refractivity (Wildman–Crippen MR) is 47.4 cm³/mol. The SMILES string of the molecule is O[C@@H]1CCO[C@]2(I)OCC[C@H]12. The van der Waals surface area contributed by atoms with E-state index in [2.05, 4.69) is 22.6 Å². The van der Waals surface area contributed by atoms with Crippen LogP contribution in [0.4, 0.5) is 0 Å². The maximum Gasteiger partial charge on any atom is 0.226 e. The van der Waals surface area contributed by atoms with E-state index >= 15 is 0 Å². The molecule has 3 nitrogen and oxygen atoms in total. The Hall–Kier alpha value is 0.610. The van der Waals surface area contributed by atoms with Gasteiger partial charge in [0.15, 0.2) is 0 Å². The first-order valence-corrected chi connectivity index (χ1v) is 4.95. The zero-order valence-corrected chi connectivity index (χ0v) is 8.28. The van der Waals surface area contributed by atoms with Gasteiger partial charge in [-0.2, -0.15) is 0 Å². The number of rotatable bonds is 0. The molecule has 2 heterocycles. The van der Waals surface area contributed by atoms with Crippen molar-refractivity contribution < 1.29 is 14.6 Å². The first kappa shape index (κ1) is 8.22. The molecule has 11 heavy (non-hydrogen) atoms. The molecule has 2 fully saturated rings. The average molecular weight is 270 g/mol. The van der Waals surface area contributed by atoms with Crippen molar-refractivity contribution >= 4 is 22.6 Å². The molecule has 0 aromatic carbocycles. The molecule has 0 aromatic heterocycles. The molecule has 0 saturated carbocycles. The van der Waals surface area contributed by atoms with Crippen LogP contribution in [0.2, 0.25) is 0 Å². The summed E-state index contributed by atoms with van der Waals surface area (Å²) >= 11 is 2.15. The fraction of sp³-hybridized carbons (Fsp3) is 1.00. The first-order chi connectivity index (χ1) is 5.22. The topological polar surface area (TPSA) is 38.7 Å². The highest BCUT2D eigenvalue weighted by Gasteiger charge is 2.49. The molecule has 2 aliphatic rings. The quantitative estimate of drug-likeness (QED) is 0.525. The van der Waals surface area contributed by atoms with Crippen molar-refractivity contribution in [3.8, 4) is 0 Å². The van der Waals surface area contributed by atoms with Crippen molar-refractivity contribution in [3.05, 3.63) is 0 Å². The van der Waals surface area contributed by atoms with Crippen LogP contribution in [-0.2, 0) is 9.47 Å². The molecule has 0 radical (unpaired) electrons. The Morgan fingerprint density at radius 2 is 1.91 bits per heavy atom. The van der Waals surface area contributed by atoms with Gasteiger partial charge in [-0.3, -0.25) is 0 Å². The number of fused-ring (bicyclic) bond motifs is 1. The van der Waals surface area contributed by atoms with Gasteiger partial charge >= 0.3 is 0 Å². The van der Waals surface area contributed by atoms with Gasteiger partial charge in [-0.1, -0.05) is 0 Å². The molecule has 0 aliphatic carbocycles. The Labute approximate surface area is 79.2 Å². The van der Waals surface area contributed by atoms with Gasteiger partial charge in [0.25, 0.3) is 0 Å². The van der Waals surface area contributed by atoms with Crippen molar-refractivity contribution in [2.24, 2.45) is 5.92 Å². The van der Waals surface area contributed by atoms with E-state index < -0.39 is 3.79 Å². The number of aliphatic hydroxyl groups is 1. The van der Waals surface area contributed by atoms with Crippen molar-refractivity contribution in [2.45, 2.75) is 22.7 Å². The van der Waals surface area contributed by atoms with Crippen LogP contribution in [0.1, 0.15) is 12.8 Å². The summed E-state index contributed by atoms with van der Waals surface area (Å²) in [6.07, 6.45) is 1.44. The van der Waals surface area contributed by atoms with Crippen LogP contribution in [0.25, 0.3) is 0 Å². The summed E-state index contributed by atoms with van der Waals surface area (Å²) in [4.78, 5) is 0. The molecule has 0 bridgehead atoms. The smallest absolute Gasteiger partial charge is 0.226 e. The molecule has 1 N–H and O–H groups in total. The molecule has 64 valence electrons. The van der Waals surface area contributed by atoms with Gasteiger partial charge < -0.3 is 14.6 Å². The average Bonchev–Trinajstić information content (AvgIpc) is 2.31. The van der Waals surface area contributed by atoms with Crippen LogP contribution >= 0.6 is 22.6 Å². The van der Waals surface area contributed by atoms with Crippen LogP contribution in [0.3, 0.4) is 0 Å². The standard InChI is InChI=1S/C7H11IO3/c8-7-5(1-3-10-7)6(9)2-4-11-7/h5-6,9H,1-4H2/t5-,6-,7-/m1/s1. The Morgan fingerprint density at radius 1 is 1.27 bits per heavy atom. The molecular weight excluding hydrogens is 259 g/mol. The van der Waals surface area contributed by atoms with Gasteiger partial charge in [0.1, 0.15) is 0 Å². The van der Waals surface area contributed by atoms with E-state index in [1.54, 1.807) is 0 Å². The van der Waals surface area contributed by atoms with Crippen molar-refractivity contribution in [1.82, 2.24) is 0 Å². The first-order valence-electron chi connectivity index (χ1n) is 3.87. The number of aliphatic hydroxyl groups excluding tert-OH is 1. The Morgan fingerprint density at radius 3 is 2.55 bits per heavy atom. The third-order valence-corrected chi connectivity index (χ3v) is 3.77. The minimum atomic E-state index is -0.518. The zero-order chi connectivity index (χ0) is 7.90. The second kappa shape index (κ2) is 2.83. The van der Waals surface area contributed by atoms with Crippen LogP contribution < -0.4 is 0 Å². The van der Waals surface area contributed by atoms with Crippen LogP contribution in [-0.4, -0.2) is 28.2 Å². The summed E-state index contributed by atoms with van der Waals surface area (Å²) in [7, 11) is 0. The van der Waals surface area contributed by atoms with Crippen molar-refractivity contribution in [1.29, 1.82) is 0 Å². The number of alkyl halides is 1. The third-order valence-electron chi connectivity index (χ3n) is 2.35. The van der Waals surface area contributed by atoms with Gasteiger partial charge in [0.05, 0.1) is 25.2 Å². The summed E-state index contributed by atoms with van der Waals surface area (Å²) < 4.78 is 10.4. The fourth-order valence-corrected chi connectivity index (χ4v) is 2.86. The minimum Gasteiger partial charge on any atom is -0.393 e. The Bertz CT molecular complexity index is 164. The molecule has 2 saturated heterocycles. The van der Waals surface area contributed by atoms with Gasteiger partial charge in [0.2, 0.25) is 3.79 Å². The largest absolute Gasteiger partial charge is 0.393 e. The number of hydrogen-bond donors (Lipinski definition) is 1. The summed E-state index contributed by atoms with van der Waals surface area (Å²) in [5, 5.41) is 9.58. The highest BCUT2D eigenvalue weighted by molar-refractivity contribution is 14.1. The number of hydrogen-bond acceptors (Lipinski definition) is 3. The zero-order valence-electron chi connectivity index (χ0n) is 6.12. The van der Waals surface area contributed by atoms with Crippen molar-refractivity contribution in [3.63, 3.8) is 0 Å². The van der Waals surface area contributed by atoms with E-state index in [-0.39, 0.29) is 12.0 Å². The van der Waals surface area contributed by atoms with Crippen LogP contribution in [0.15, 0.2) is 0 Å². The van der Waals surface area contributed by atoms with Crippen LogP contribution in [0, 0.1) is 5.92 Å². The van der Waals surface area contributed by atoms with E-state index in [4.69, 9.17) is 9.47 Å². The predicted octanol–water partition coefficient (Wildman–Crippen LogP) is 0.893. The van der Waals surface area contributed by atoms with Gasteiger partial charge in [0, 0.05) is 0 Å². The maximum atomic E-state index is 9.58. The second-order valence-electron chi connectivity index (χ2n) is 3.03. The molecule has 4 heteroatoms. The Balaban J connectivity index is 2.15. The van der Waals surface area contributed by atoms with E-state index in [9.17, 15) is 5.11 Å². The molecule has 2 aliphatic heterocycles. The minimum absolute atomic E-state index is 0.178. The van der Waals surface area contributed by atoms with E-state index in [0.717, 1.165) is 12.8 Å². The lowest BCUT2D eigenvalue weighted by Crippen LogP contribution is -2.43. The van der Waals surface area contributed by atoms with Gasteiger partial charge in [-0.15, -0.1) is 0 Å². The van der Waals surface area contributed by atoms with Crippen LogP contribution in [0.5, 0.6) is 0 Å². The van der Waals surface area contributed by atoms with Gasteiger partial charge in [-0.25, -0.2) is 0 Å². The number of ether oxygens (including phenoxy) is 2. The second-order valence-corrected chi connectivity index (χ2v) is 4.53. The Kier molecular flexibility index (Phi) is 2.11. The fourth-order valence-electron chi connectivity index (χ4n) is 1.70. The maximum absolute atomic E-state index is 9.58. The summed E-state index contributed by atoms with van der Waals surface area (Å²) in [5.74, 6) is 0.178. The lowest BCUT2D eigenvalue weighted by Gasteiger charge is -2.36. The lowest BCUT2D eigenvalue weighted by atomic mass is 9.96. The summed E-state index contributed by atoms with van der Waals surface area (Å²) in [5.41, 5.74) is 0. The van der Waals surface area contributed by atoms with E-state index in [1.807, 2.05) is 0 Å². The van der Waals surface area contributed by atoms with Gasteiger partial charge in [-0.05, 0) is 35.4 Å². The molecule has 0 amide bonds. The molecule has 0 unspecified atom stereocenters. The van der Waals surface area contributed by atoms with E-state index in [0.29, 0.717) is 13.2 Å². The monoisotopic (exact) mass is 270 g/mol. The summed E-state index contributed by atoms with van der Waals surface area (Å²) in [6.45, 7) is 1.32. The highest BCUT2D eigenvalue weighted by atomic mass is 127. The van der Waals surface area contributed by atoms with Crippen molar-refractivity contribution in [2.75, 3.05) is 13.2 Å². The number of halogens is 1. The summed E-state index contributed by atoms with van der Waals surface area (Å²) in [6, 6.07) is 0. The molecule has 2 rings (SSSR count). The molecule has 0 spiro atoms. The highest BCUT2D eigenvalue weighted by Crippen LogP contribution is 2.44. The molecular formula is C7H11IO3. The molecule has 3 atom stereocenters. The van der Waals surface area contributed by atoms with E-state index in [1.165, 1.54) is 0 Å². The normalized spacial score (nSPS) is 50.7. The molecule has 0 aromatic rings. The lowest BCUT2D eigenvalue weighted by molar-refractivity contribution is -0.193. The third kappa shape index (κ3) is 1.30.